The second kappa shape index (κ2) is 23.6. The summed E-state index contributed by atoms with van der Waals surface area (Å²) in [5, 5.41) is 43.0. The van der Waals surface area contributed by atoms with Crippen LogP contribution in [0.4, 0.5) is 11.6 Å². The lowest BCUT2D eigenvalue weighted by Gasteiger charge is -2.42. The first-order chi connectivity index (χ1) is 41.5. The van der Waals surface area contributed by atoms with Crippen LogP contribution in [0.2, 0.25) is 0 Å². The summed E-state index contributed by atoms with van der Waals surface area (Å²) in [4.78, 5) is 41.9. The Morgan fingerprint density at radius 3 is 1.52 bits per heavy atom. The molecule has 8 aromatic rings. The van der Waals surface area contributed by atoms with E-state index in [9.17, 15) is 19.8 Å². The van der Waals surface area contributed by atoms with Gasteiger partial charge in [-0.25, -0.2) is 28.9 Å². The fourth-order valence-corrected chi connectivity index (χ4v) is 14.2. The summed E-state index contributed by atoms with van der Waals surface area (Å²) in [6.07, 6.45) is 14.2. The smallest absolute Gasteiger partial charge is 0.337 e. The summed E-state index contributed by atoms with van der Waals surface area (Å²) in [7, 11) is 0. The monoisotopic (exact) mass is 1180 g/mol. The molecule has 18 heteroatoms. The summed E-state index contributed by atoms with van der Waals surface area (Å²) < 4.78 is 21.2. The average Bonchev–Trinajstić information content (AvgIpc) is 2.13. The molecule has 2 saturated heterocycles. The number of aryl methyl sites for hydroxylation is 6. The number of fused-ring (bicyclic) bond motifs is 13. The van der Waals surface area contributed by atoms with Gasteiger partial charge in [0, 0.05) is 72.2 Å². The molecule has 2 unspecified atom stereocenters. The molecule has 0 saturated carbocycles. The molecule has 2 fully saturated rings. The highest BCUT2D eigenvalue weighted by atomic mass is 16.5. The van der Waals surface area contributed by atoms with Crippen molar-refractivity contribution in [1.82, 2.24) is 48.8 Å². The number of rotatable bonds is 10. The number of carboxylic acid groups (broad SMARTS) is 2. The Balaban J connectivity index is 0.865. The van der Waals surface area contributed by atoms with Crippen LogP contribution in [-0.4, -0.2) is 108 Å². The zero-order chi connectivity index (χ0) is 61.2. The molecule has 18 nitrogen and oxygen atoms in total. The van der Waals surface area contributed by atoms with Crippen molar-refractivity contribution in [3.63, 3.8) is 0 Å². The van der Waals surface area contributed by atoms with Gasteiger partial charge in [-0.2, -0.15) is 29.4 Å². The molecule has 87 heavy (non-hydrogen) atoms. The number of piperidine rings is 2. The van der Waals surface area contributed by atoms with E-state index in [1.807, 2.05) is 81.8 Å². The van der Waals surface area contributed by atoms with Gasteiger partial charge in [-0.05, 0) is 180 Å². The van der Waals surface area contributed by atoms with Crippen molar-refractivity contribution in [2.24, 2.45) is 10.8 Å². The first-order valence-electron chi connectivity index (χ1n) is 32.0. The number of aromatic nitrogens is 10. The molecule has 2 atom stereocenters. The highest BCUT2D eigenvalue weighted by Gasteiger charge is 2.41. The third-order valence-corrected chi connectivity index (χ3v) is 19.2. The van der Waals surface area contributed by atoms with Gasteiger partial charge < -0.3 is 29.5 Å². The number of nitrogens with zero attached hydrogens (tertiary/aromatic N) is 12. The quantitative estimate of drug-likeness (QED) is 0.131. The number of hydrogen-bond acceptors (Lipinski definition) is 12. The van der Waals surface area contributed by atoms with Crippen molar-refractivity contribution in [1.29, 1.82) is 0 Å². The molecule has 6 aliphatic rings. The molecule has 0 spiro atoms. The summed E-state index contributed by atoms with van der Waals surface area (Å²) >= 11 is 0. The van der Waals surface area contributed by atoms with Crippen LogP contribution in [0.1, 0.15) is 196 Å². The van der Waals surface area contributed by atoms with E-state index in [4.69, 9.17) is 39.8 Å². The van der Waals surface area contributed by atoms with Gasteiger partial charge in [0.25, 0.3) is 0 Å². The Morgan fingerprint density at radius 1 is 0.563 bits per heavy atom. The molecule has 6 aliphatic heterocycles. The highest BCUT2D eigenvalue weighted by Crippen LogP contribution is 2.45. The van der Waals surface area contributed by atoms with Crippen LogP contribution in [0.5, 0.6) is 0 Å². The number of hydrogen-bond donors (Lipinski definition) is 2. The van der Waals surface area contributed by atoms with Gasteiger partial charge in [-0.15, -0.1) is 0 Å². The highest BCUT2D eigenvalue weighted by molar-refractivity contribution is 5.80. The minimum Gasteiger partial charge on any atom is -0.479 e. The molecule has 6 aromatic heterocycles. The summed E-state index contributed by atoms with van der Waals surface area (Å²) in [5.74, 6) is -0.694. The topological polar surface area (TPSA) is 196 Å². The van der Waals surface area contributed by atoms with Gasteiger partial charge in [0.05, 0.1) is 56.5 Å². The predicted octanol–water partition coefficient (Wildman–Crippen LogP) is 13.7. The van der Waals surface area contributed by atoms with E-state index in [0.717, 1.165) is 160 Å². The maximum atomic E-state index is 14.0. The third-order valence-electron chi connectivity index (χ3n) is 19.2. The third kappa shape index (κ3) is 12.5. The average molecular weight is 1180 g/mol. The molecular weight excluding hydrogens is 1090 g/mol. The van der Waals surface area contributed by atoms with Crippen LogP contribution in [0, 0.1) is 31.6 Å². The minimum absolute atomic E-state index is 0.137. The van der Waals surface area contributed by atoms with Crippen molar-refractivity contribution in [2.75, 3.05) is 36.0 Å². The summed E-state index contributed by atoms with van der Waals surface area (Å²) in [5.41, 5.74) is 11.5. The van der Waals surface area contributed by atoms with E-state index in [0.29, 0.717) is 52.3 Å². The van der Waals surface area contributed by atoms with Gasteiger partial charge >= 0.3 is 11.9 Å². The standard InChI is InChI=1S/C69H88N12O6/c1-44-38-50-22-14-11-12-16-27-68(9)30-36-77(37-31-68)63-59(46(3)71-57-42-54(75-81(57)63)47-20-18-24-51(39-47)78(50)72-44)61(65(84)85)87-67(7,8)29-26-49-41-53-23-15-13-17-28-69(10)32-34-76(35-33-69)62-58(60(64(82)83)86-66(4,5)6)45(2)70-56-43-55(74-80(56)62)48-21-19-25-52(40-48)79(53)73-49/h18-21,24-25,38-43,60-61H,11-17,22-23,26-37H2,1-10H3,(H,82,83)(H,84,85). The van der Waals surface area contributed by atoms with E-state index < -0.39 is 35.3 Å². The second-order valence-electron chi connectivity index (χ2n) is 27.9. The van der Waals surface area contributed by atoms with Crippen LogP contribution in [0.3, 0.4) is 0 Å². The van der Waals surface area contributed by atoms with Crippen LogP contribution < -0.4 is 9.80 Å². The maximum Gasteiger partial charge on any atom is 0.337 e. The lowest BCUT2D eigenvalue weighted by atomic mass is 9.76. The van der Waals surface area contributed by atoms with E-state index in [-0.39, 0.29) is 10.8 Å². The van der Waals surface area contributed by atoms with E-state index in [2.05, 4.69) is 88.5 Å². The van der Waals surface area contributed by atoms with Crippen molar-refractivity contribution >= 4 is 34.9 Å². The Bertz CT molecular complexity index is 3860. The minimum atomic E-state index is -1.34. The zero-order valence-electron chi connectivity index (χ0n) is 52.8. The SMILES string of the molecule is Cc1cc2n(n1)-c1cccc(c1)-c1cc3nc(C)c(C(OC(C)(C)CCc4cc5n(n4)-c4cccc(c4)-c4cc6nc(C)c(C(OC(C)(C)C)C(=O)O)c(n6n4)N4CCC(C)(CCCCC5)CC4)C(=O)O)c(n3n1)N1CCC(C)(CCCCCC2)CC1. The van der Waals surface area contributed by atoms with Crippen LogP contribution in [0.25, 0.3) is 45.2 Å². The number of carboxylic acids is 2. The van der Waals surface area contributed by atoms with Crippen LogP contribution in [-0.2, 0) is 38.3 Å². The fourth-order valence-electron chi connectivity index (χ4n) is 14.2. The van der Waals surface area contributed by atoms with Crippen LogP contribution in [0.15, 0.2) is 72.8 Å². The fraction of sp³-hybridized carbons (Fsp3) is 0.536. The number of aliphatic carboxylic acids is 2. The van der Waals surface area contributed by atoms with Crippen molar-refractivity contribution in [2.45, 2.75) is 202 Å². The lowest BCUT2D eigenvalue weighted by molar-refractivity contribution is -0.163. The van der Waals surface area contributed by atoms with Crippen molar-refractivity contribution < 1.29 is 29.3 Å². The van der Waals surface area contributed by atoms with Gasteiger partial charge in [-0.1, -0.05) is 70.2 Å². The zero-order valence-corrected chi connectivity index (χ0v) is 52.8. The first-order valence-corrected chi connectivity index (χ1v) is 32.0. The Kier molecular flexibility index (Phi) is 16.2. The van der Waals surface area contributed by atoms with Gasteiger partial charge in [0.1, 0.15) is 11.6 Å². The molecule has 12 bridgehead atoms. The molecule has 12 heterocycles. The largest absolute Gasteiger partial charge is 0.479 e. The number of carbonyl (C=O) groups is 2. The molecule has 2 aromatic carbocycles. The number of ether oxygens (including phenoxy) is 2. The molecule has 0 radical (unpaired) electrons. The molecule has 2 N–H and O–H groups in total. The van der Waals surface area contributed by atoms with E-state index >= 15 is 0 Å². The van der Waals surface area contributed by atoms with Crippen LogP contribution >= 0.6 is 0 Å². The number of benzene rings is 2. The molecular formula is C69H88N12O6. The summed E-state index contributed by atoms with van der Waals surface area (Å²) in [6, 6.07) is 25.0. The van der Waals surface area contributed by atoms with Gasteiger partial charge in [-0.3, -0.25) is 0 Å². The van der Waals surface area contributed by atoms with Gasteiger partial charge in [0.15, 0.2) is 23.5 Å². The maximum absolute atomic E-state index is 14.0. The number of anilines is 2. The summed E-state index contributed by atoms with van der Waals surface area (Å²) in [6.45, 7) is 23.3. The molecule has 0 amide bonds. The molecule has 14 rings (SSSR count). The van der Waals surface area contributed by atoms with E-state index in [1.165, 1.54) is 25.0 Å². The second-order valence-corrected chi connectivity index (χ2v) is 27.9. The van der Waals surface area contributed by atoms with Gasteiger partial charge in [0.2, 0.25) is 0 Å². The van der Waals surface area contributed by atoms with E-state index in [1.54, 1.807) is 0 Å². The van der Waals surface area contributed by atoms with Crippen molar-refractivity contribution in [3.8, 4) is 33.9 Å². The lowest BCUT2D eigenvalue weighted by Crippen LogP contribution is -2.41. The first kappa shape index (κ1) is 59.9. The Morgan fingerprint density at radius 2 is 1.02 bits per heavy atom. The van der Waals surface area contributed by atoms with Crippen molar-refractivity contribution in [3.05, 3.63) is 118 Å². The normalized spacial score (nSPS) is 18.2. The predicted molar refractivity (Wildman–Crippen MR) is 338 cm³/mol. The Labute approximate surface area is 511 Å². The molecule has 460 valence electrons. The Hall–Kier alpha value is -7.44. The molecule has 0 aliphatic carbocycles.